The Labute approximate surface area is 80.4 Å². The van der Waals surface area contributed by atoms with Crippen molar-refractivity contribution in [1.29, 1.82) is 0 Å². The summed E-state index contributed by atoms with van der Waals surface area (Å²) in [6.45, 7) is 4.00. The van der Waals surface area contributed by atoms with Gasteiger partial charge in [-0.25, -0.2) is 8.42 Å². The largest absolute Gasteiger partial charge is 0.383 e. The molecular formula is C8H19NO3S. The summed E-state index contributed by atoms with van der Waals surface area (Å²) in [6.07, 6.45) is 0.510. The summed E-state index contributed by atoms with van der Waals surface area (Å²) in [7, 11) is -1.57. The maximum Gasteiger partial charge on any atom is 0.157 e. The van der Waals surface area contributed by atoms with Crippen molar-refractivity contribution in [3.05, 3.63) is 0 Å². The van der Waals surface area contributed by atoms with Gasteiger partial charge in [0.1, 0.15) is 0 Å². The predicted molar refractivity (Wildman–Crippen MR) is 53.4 cm³/mol. The first-order chi connectivity index (χ1) is 5.96. The molecule has 0 heterocycles. The van der Waals surface area contributed by atoms with Crippen LogP contribution in [0.1, 0.15) is 20.3 Å². The van der Waals surface area contributed by atoms with Crippen LogP contribution in [0.25, 0.3) is 0 Å². The van der Waals surface area contributed by atoms with E-state index in [0.29, 0.717) is 13.0 Å². The lowest BCUT2D eigenvalue weighted by Crippen LogP contribution is -2.32. The lowest BCUT2D eigenvalue weighted by atomic mass is 10.3. The van der Waals surface area contributed by atoms with Crippen LogP contribution in [0.15, 0.2) is 0 Å². The number of hydrogen-bond acceptors (Lipinski definition) is 4. The van der Waals surface area contributed by atoms with Crippen LogP contribution >= 0.6 is 0 Å². The zero-order chi connectivity index (χ0) is 10.5. The van der Waals surface area contributed by atoms with Crippen LogP contribution < -0.4 is 5.73 Å². The van der Waals surface area contributed by atoms with Gasteiger partial charge in [-0.3, -0.25) is 0 Å². The van der Waals surface area contributed by atoms with Crippen LogP contribution in [-0.2, 0) is 14.6 Å². The molecule has 0 aromatic rings. The van der Waals surface area contributed by atoms with Crippen LogP contribution in [0.3, 0.4) is 0 Å². The van der Waals surface area contributed by atoms with E-state index >= 15 is 0 Å². The summed E-state index contributed by atoms with van der Waals surface area (Å²) in [5, 5.41) is -0.818. The van der Waals surface area contributed by atoms with Crippen molar-refractivity contribution in [3.8, 4) is 0 Å². The Hall–Kier alpha value is -0.130. The van der Waals surface area contributed by atoms with E-state index in [9.17, 15) is 8.42 Å². The van der Waals surface area contributed by atoms with E-state index in [-0.39, 0.29) is 11.9 Å². The van der Waals surface area contributed by atoms with Crippen LogP contribution in [0.4, 0.5) is 0 Å². The molecule has 0 radical (unpaired) electrons. The first kappa shape index (κ1) is 12.9. The zero-order valence-corrected chi connectivity index (χ0v) is 9.30. The average molecular weight is 209 g/mol. The number of nitrogens with two attached hydrogens (primary N) is 1. The van der Waals surface area contributed by atoms with Crippen molar-refractivity contribution in [3.63, 3.8) is 0 Å². The molecule has 0 aliphatic carbocycles. The predicted octanol–water partition coefficient (Wildman–Crippen LogP) is 0.173. The summed E-state index contributed by atoms with van der Waals surface area (Å²) >= 11 is 0. The number of hydrogen-bond donors (Lipinski definition) is 1. The molecule has 0 aliphatic heterocycles. The van der Waals surface area contributed by atoms with Crippen molar-refractivity contribution in [2.75, 3.05) is 20.3 Å². The molecule has 0 aromatic heterocycles. The van der Waals surface area contributed by atoms with Gasteiger partial charge in [0.15, 0.2) is 9.84 Å². The summed E-state index contributed by atoms with van der Waals surface area (Å²) in [5.74, 6) is 0. The van der Waals surface area contributed by atoms with Crippen LogP contribution in [0.2, 0.25) is 0 Å². The minimum atomic E-state index is -3.07. The molecular weight excluding hydrogens is 190 g/mol. The second-order valence-electron chi connectivity index (χ2n) is 3.24. The van der Waals surface area contributed by atoms with Gasteiger partial charge in [-0.1, -0.05) is 0 Å². The molecule has 2 unspecified atom stereocenters. The maximum atomic E-state index is 11.7. The van der Waals surface area contributed by atoms with Crippen molar-refractivity contribution < 1.29 is 13.2 Å². The number of methoxy groups -OCH3 is 1. The highest BCUT2D eigenvalue weighted by atomic mass is 32.2. The van der Waals surface area contributed by atoms with Gasteiger partial charge in [0.25, 0.3) is 0 Å². The second-order valence-corrected chi connectivity index (χ2v) is 6.03. The molecule has 0 spiro atoms. The van der Waals surface area contributed by atoms with Crippen LogP contribution in [0.5, 0.6) is 0 Å². The minimum absolute atomic E-state index is 0.247. The fourth-order valence-corrected chi connectivity index (χ4v) is 2.71. The van der Waals surface area contributed by atoms with Crippen LogP contribution in [0, 0.1) is 0 Å². The fraction of sp³-hybridized carbons (Fsp3) is 1.00. The Balaban J connectivity index is 4.37. The first-order valence-corrected chi connectivity index (χ1v) is 5.99. The molecule has 0 saturated heterocycles. The van der Waals surface area contributed by atoms with Crippen LogP contribution in [-0.4, -0.2) is 39.2 Å². The van der Waals surface area contributed by atoms with E-state index < -0.39 is 15.1 Å². The highest BCUT2D eigenvalue weighted by molar-refractivity contribution is 7.92. The molecule has 0 bridgehead atoms. The number of rotatable bonds is 6. The molecule has 2 N–H and O–H groups in total. The summed E-state index contributed by atoms with van der Waals surface area (Å²) in [5.41, 5.74) is 5.30. The van der Waals surface area contributed by atoms with Gasteiger partial charge in [-0.15, -0.1) is 0 Å². The molecule has 0 aliphatic rings. The average Bonchev–Trinajstić information content (AvgIpc) is 2.05. The third-order valence-corrected chi connectivity index (χ3v) is 4.71. The molecule has 2 atom stereocenters. The summed E-state index contributed by atoms with van der Waals surface area (Å²) in [6, 6.07) is 0. The minimum Gasteiger partial charge on any atom is -0.383 e. The van der Waals surface area contributed by atoms with Gasteiger partial charge in [0, 0.05) is 7.11 Å². The summed E-state index contributed by atoms with van der Waals surface area (Å²) < 4.78 is 28.2. The van der Waals surface area contributed by atoms with Gasteiger partial charge in [0.05, 0.1) is 17.1 Å². The summed E-state index contributed by atoms with van der Waals surface area (Å²) in [4.78, 5) is 0. The molecule has 80 valence electrons. The van der Waals surface area contributed by atoms with Crippen molar-refractivity contribution in [2.45, 2.75) is 30.8 Å². The second kappa shape index (κ2) is 5.57. The van der Waals surface area contributed by atoms with E-state index in [1.165, 1.54) is 7.11 Å². The van der Waals surface area contributed by atoms with E-state index in [4.69, 9.17) is 10.5 Å². The van der Waals surface area contributed by atoms with Crippen molar-refractivity contribution >= 4 is 9.84 Å². The van der Waals surface area contributed by atoms with Gasteiger partial charge >= 0.3 is 0 Å². The SMILES string of the molecule is COCC(C)S(=O)(=O)C(C)CCN. The normalized spacial score (nSPS) is 16.9. The molecule has 0 saturated carbocycles. The van der Waals surface area contributed by atoms with Gasteiger partial charge in [-0.2, -0.15) is 0 Å². The Morgan fingerprint density at radius 2 is 1.85 bits per heavy atom. The molecule has 5 heteroatoms. The monoisotopic (exact) mass is 209 g/mol. The quantitative estimate of drug-likeness (QED) is 0.677. The highest BCUT2D eigenvalue weighted by Gasteiger charge is 2.26. The molecule has 0 amide bonds. The molecule has 0 rings (SSSR count). The van der Waals surface area contributed by atoms with E-state index in [1.54, 1.807) is 13.8 Å². The van der Waals surface area contributed by atoms with Gasteiger partial charge in [-0.05, 0) is 26.8 Å². The van der Waals surface area contributed by atoms with Crippen molar-refractivity contribution in [1.82, 2.24) is 0 Å². The fourth-order valence-electron chi connectivity index (χ4n) is 1.13. The third-order valence-electron chi connectivity index (χ3n) is 2.10. The smallest absolute Gasteiger partial charge is 0.157 e. The maximum absolute atomic E-state index is 11.7. The standard InChI is InChI=1S/C8H19NO3S/c1-7(4-5-9)13(10,11)8(2)6-12-3/h7-8H,4-6,9H2,1-3H3. The molecule has 4 nitrogen and oxygen atoms in total. The number of sulfone groups is 1. The first-order valence-electron chi connectivity index (χ1n) is 4.38. The Morgan fingerprint density at radius 1 is 1.31 bits per heavy atom. The third kappa shape index (κ3) is 3.62. The molecule has 13 heavy (non-hydrogen) atoms. The van der Waals surface area contributed by atoms with Crippen molar-refractivity contribution in [2.24, 2.45) is 5.73 Å². The van der Waals surface area contributed by atoms with Gasteiger partial charge < -0.3 is 10.5 Å². The topological polar surface area (TPSA) is 69.4 Å². The molecule has 0 fully saturated rings. The van der Waals surface area contributed by atoms with Gasteiger partial charge in [0.2, 0.25) is 0 Å². The Morgan fingerprint density at radius 3 is 2.23 bits per heavy atom. The van der Waals surface area contributed by atoms with E-state index in [1.807, 2.05) is 0 Å². The van der Waals surface area contributed by atoms with E-state index in [0.717, 1.165) is 0 Å². The zero-order valence-electron chi connectivity index (χ0n) is 8.49. The highest BCUT2D eigenvalue weighted by Crippen LogP contribution is 2.12. The Bertz CT molecular complexity index is 208. The Kier molecular flexibility index (Phi) is 5.51. The lowest BCUT2D eigenvalue weighted by Gasteiger charge is -2.17. The lowest BCUT2D eigenvalue weighted by molar-refractivity contribution is 0.200. The number of ether oxygens (including phenoxy) is 1. The molecule has 0 aromatic carbocycles. The van der Waals surface area contributed by atoms with E-state index in [2.05, 4.69) is 0 Å².